The van der Waals surface area contributed by atoms with E-state index in [1.807, 2.05) is 6.07 Å². The van der Waals surface area contributed by atoms with Crippen molar-refractivity contribution in [2.45, 2.75) is 52.5 Å². The molecule has 0 unspecified atom stereocenters. The maximum Gasteiger partial charge on any atom is 0.335 e. The standard InChI is InChI=1S/C17H22N2O2/c1-3-5-15-18-13-10-12(16(20)21)6-7-14(13)19(15)11-17(2)8-4-9-17/h6-7,10H,3-5,8-9,11H2,1-2H3,(H,20,21). The van der Waals surface area contributed by atoms with E-state index in [1.54, 1.807) is 12.1 Å². The first-order valence-electron chi connectivity index (χ1n) is 7.75. The van der Waals surface area contributed by atoms with Gasteiger partial charge in [-0.25, -0.2) is 9.78 Å². The van der Waals surface area contributed by atoms with E-state index in [-0.39, 0.29) is 0 Å². The highest BCUT2D eigenvalue weighted by Crippen LogP contribution is 2.42. The minimum atomic E-state index is -0.894. The number of aryl methyl sites for hydroxylation is 1. The van der Waals surface area contributed by atoms with Crippen molar-refractivity contribution in [3.05, 3.63) is 29.6 Å². The van der Waals surface area contributed by atoms with Gasteiger partial charge in [0.1, 0.15) is 5.82 Å². The molecule has 1 N–H and O–H groups in total. The van der Waals surface area contributed by atoms with E-state index in [9.17, 15) is 4.79 Å². The van der Waals surface area contributed by atoms with Crippen LogP contribution in [0.4, 0.5) is 0 Å². The Hall–Kier alpha value is -1.84. The van der Waals surface area contributed by atoms with Crippen LogP contribution in [-0.2, 0) is 13.0 Å². The van der Waals surface area contributed by atoms with Crippen molar-refractivity contribution in [2.75, 3.05) is 0 Å². The molecule has 1 saturated carbocycles. The van der Waals surface area contributed by atoms with E-state index < -0.39 is 5.97 Å². The van der Waals surface area contributed by atoms with Crippen LogP contribution in [0.5, 0.6) is 0 Å². The fourth-order valence-corrected chi connectivity index (χ4v) is 3.22. The number of nitrogens with zero attached hydrogens (tertiary/aromatic N) is 2. The molecule has 1 heterocycles. The molecule has 1 aromatic heterocycles. The predicted octanol–water partition coefficient (Wildman–Crippen LogP) is 3.88. The van der Waals surface area contributed by atoms with Gasteiger partial charge in [-0.1, -0.05) is 20.3 Å². The number of carboxylic acids is 1. The number of hydrogen-bond donors (Lipinski definition) is 1. The van der Waals surface area contributed by atoms with Gasteiger partial charge in [-0.05, 0) is 42.9 Å². The summed E-state index contributed by atoms with van der Waals surface area (Å²) in [7, 11) is 0. The highest BCUT2D eigenvalue weighted by Gasteiger charge is 2.33. The van der Waals surface area contributed by atoms with E-state index >= 15 is 0 Å². The third-order valence-electron chi connectivity index (χ3n) is 4.65. The summed E-state index contributed by atoms with van der Waals surface area (Å²) in [5.41, 5.74) is 2.56. The highest BCUT2D eigenvalue weighted by molar-refractivity contribution is 5.92. The molecule has 1 fully saturated rings. The Morgan fingerprint density at radius 1 is 1.43 bits per heavy atom. The van der Waals surface area contributed by atoms with Gasteiger partial charge in [0.15, 0.2) is 0 Å². The van der Waals surface area contributed by atoms with Crippen molar-refractivity contribution < 1.29 is 9.90 Å². The first kappa shape index (κ1) is 14.1. The lowest BCUT2D eigenvalue weighted by molar-refractivity contribution is 0.0697. The molecule has 4 nitrogen and oxygen atoms in total. The Kier molecular flexibility index (Phi) is 3.47. The molecule has 1 aromatic carbocycles. The van der Waals surface area contributed by atoms with Gasteiger partial charge in [-0.15, -0.1) is 0 Å². The van der Waals surface area contributed by atoms with Gasteiger partial charge < -0.3 is 9.67 Å². The largest absolute Gasteiger partial charge is 0.478 e. The number of aromatic nitrogens is 2. The minimum Gasteiger partial charge on any atom is -0.478 e. The molecule has 0 amide bonds. The van der Waals surface area contributed by atoms with Crippen LogP contribution in [0.25, 0.3) is 11.0 Å². The fraction of sp³-hybridized carbons (Fsp3) is 0.529. The van der Waals surface area contributed by atoms with Crippen molar-refractivity contribution >= 4 is 17.0 Å². The average Bonchev–Trinajstić information content (AvgIpc) is 2.74. The van der Waals surface area contributed by atoms with Crippen LogP contribution >= 0.6 is 0 Å². The lowest BCUT2D eigenvalue weighted by Gasteiger charge is -2.39. The van der Waals surface area contributed by atoms with Crippen molar-refractivity contribution in [2.24, 2.45) is 5.41 Å². The maximum atomic E-state index is 11.1. The van der Waals surface area contributed by atoms with E-state index in [1.165, 1.54) is 19.3 Å². The average molecular weight is 286 g/mol. The second-order valence-electron chi connectivity index (χ2n) is 6.54. The van der Waals surface area contributed by atoms with E-state index in [2.05, 4.69) is 23.4 Å². The van der Waals surface area contributed by atoms with Crippen LogP contribution in [0.15, 0.2) is 18.2 Å². The zero-order valence-corrected chi connectivity index (χ0v) is 12.7. The third-order valence-corrected chi connectivity index (χ3v) is 4.65. The van der Waals surface area contributed by atoms with Gasteiger partial charge in [-0.2, -0.15) is 0 Å². The summed E-state index contributed by atoms with van der Waals surface area (Å²) in [6.07, 6.45) is 5.84. The van der Waals surface area contributed by atoms with Crippen molar-refractivity contribution in [1.29, 1.82) is 0 Å². The first-order chi connectivity index (χ1) is 10.0. The Morgan fingerprint density at radius 2 is 2.19 bits per heavy atom. The number of benzene rings is 1. The summed E-state index contributed by atoms with van der Waals surface area (Å²) in [4.78, 5) is 15.8. The van der Waals surface area contributed by atoms with Gasteiger partial charge in [0, 0.05) is 13.0 Å². The van der Waals surface area contributed by atoms with Crippen LogP contribution < -0.4 is 0 Å². The molecule has 1 aliphatic carbocycles. The molecule has 1 aliphatic rings. The molecule has 0 aliphatic heterocycles. The first-order valence-corrected chi connectivity index (χ1v) is 7.75. The second kappa shape index (κ2) is 5.17. The smallest absolute Gasteiger partial charge is 0.335 e. The summed E-state index contributed by atoms with van der Waals surface area (Å²) >= 11 is 0. The molecule has 0 radical (unpaired) electrons. The quantitative estimate of drug-likeness (QED) is 0.907. The number of carbonyl (C=O) groups is 1. The molecule has 21 heavy (non-hydrogen) atoms. The number of aromatic carboxylic acids is 1. The molecule has 0 atom stereocenters. The number of rotatable bonds is 5. The van der Waals surface area contributed by atoms with Crippen LogP contribution in [0.2, 0.25) is 0 Å². The van der Waals surface area contributed by atoms with Crippen LogP contribution in [-0.4, -0.2) is 20.6 Å². The van der Waals surface area contributed by atoms with E-state index in [0.717, 1.165) is 36.2 Å². The molecule has 3 rings (SSSR count). The van der Waals surface area contributed by atoms with Gasteiger partial charge in [-0.3, -0.25) is 0 Å². The number of imidazole rings is 1. The Labute approximate surface area is 124 Å². The SMILES string of the molecule is CCCc1nc2cc(C(=O)O)ccc2n1CC1(C)CCC1. The van der Waals surface area contributed by atoms with Crippen LogP contribution in [0, 0.1) is 5.41 Å². The lowest BCUT2D eigenvalue weighted by atomic mass is 9.70. The topological polar surface area (TPSA) is 55.1 Å². The van der Waals surface area contributed by atoms with Gasteiger partial charge >= 0.3 is 5.97 Å². The zero-order valence-electron chi connectivity index (χ0n) is 12.7. The molecule has 2 aromatic rings. The molecule has 112 valence electrons. The van der Waals surface area contributed by atoms with Crippen LogP contribution in [0.3, 0.4) is 0 Å². The third kappa shape index (κ3) is 2.55. The van der Waals surface area contributed by atoms with E-state index in [4.69, 9.17) is 5.11 Å². The zero-order chi connectivity index (χ0) is 15.0. The molecule has 0 saturated heterocycles. The molecule has 0 spiro atoms. The molecular formula is C17H22N2O2. The van der Waals surface area contributed by atoms with Crippen molar-refractivity contribution in [1.82, 2.24) is 9.55 Å². The molecule has 4 heteroatoms. The van der Waals surface area contributed by atoms with Crippen molar-refractivity contribution in [3.63, 3.8) is 0 Å². The Bertz CT molecular complexity index is 683. The van der Waals surface area contributed by atoms with Crippen molar-refractivity contribution in [3.8, 4) is 0 Å². The van der Waals surface area contributed by atoms with Gasteiger partial charge in [0.25, 0.3) is 0 Å². The Balaban J connectivity index is 2.06. The number of carboxylic acid groups (broad SMARTS) is 1. The molecule has 0 bridgehead atoms. The summed E-state index contributed by atoms with van der Waals surface area (Å²) in [6.45, 7) is 5.48. The maximum absolute atomic E-state index is 11.1. The lowest BCUT2D eigenvalue weighted by Crippen LogP contribution is -2.31. The summed E-state index contributed by atoms with van der Waals surface area (Å²) < 4.78 is 2.31. The highest BCUT2D eigenvalue weighted by atomic mass is 16.4. The van der Waals surface area contributed by atoms with Gasteiger partial charge in [0.2, 0.25) is 0 Å². The second-order valence-corrected chi connectivity index (χ2v) is 6.54. The predicted molar refractivity (Wildman–Crippen MR) is 82.6 cm³/mol. The Morgan fingerprint density at radius 3 is 2.76 bits per heavy atom. The monoisotopic (exact) mass is 286 g/mol. The fourth-order valence-electron chi connectivity index (χ4n) is 3.22. The molecular weight excluding hydrogens is 264 g/mol. The summed E-state index contributed by atoms with van der Waals surface area (Å²) in [5.74, 6) is 0.192. The number of hydrogen-bond acceptors (Lipinski definition) is 2. The normalized spacial score (nSPS) is 16.9. The summed E-state index contributed by atoms with van der Waals surface area (Å²) in [5, 5.41) is 9.12. The summed E-state index contributed by atoms with van der Waals surface area (Å²) in [6, 6.07) is 5.28. The number of fused-ring (bicyclic) bond motifs is 1. The minimum absolute atomic E-state index is 0.310. The van der Waals surface area contributed by atoms with Gasteiger partial charge in [0.05, 0.1) is 16.6 Å². The van der Waals surface area contributed by atoms with E-state index in [0.29, 0.717) is 11.0 Å². The van der Waals surface area contributed by atoms with Crippen LogP contribution in [0.1, 0.15) is 55.7 Å².